The molecule has 3 fully saturated rings. The van der Waals surface area contributed by atoms with Crippen LogP contribution in [0.25, 0.3) is 0 Å². The molecule has 0 aromatic carbocycles. The normalized spacial score (nSPS) is 41.8. The van der Waals surface area contributed by atoms with E-state index in [1.54, 1.807) is 6.92 Å². The Bertz CT molecular complexity index is 466. The van der Waals surface area contributed by atoms with Crippen molar-refractivity contribution in [2.75, 3.05) is 0 Å². The van der Waals surface area contributed by atoms with Crippen molar-refractivity contribution in [2.45, 2.75) is 51.1 Å². The summed E-state index contributed by atoms with van der Waals surface area (Å²) in [5.74, 6) is -0.839. The first kappa shape index (κ1) is 12.7. The second kappa shape index (κ2) is 3.82. The number of hydrogen-bond donors (Lipinski definition) is 0. The van der Waals surface area contributed by atoms with E-state index in [0.29, 0.717) is 12.0 Å². The average Bonchev–Trinajstić information content (AvgIpc) is 2.90. The number of hydrogen-bond acceptors (Lipinski definition) is 5. The van der Waals surface area contributed by atoms with Crippen molar-refractivity contribution in [3.05, 3.63) is 12.2 Å². The highest BCUT2D eigenvalue weighted by Gasteiger charge is 2.67. The molecule has 0 radical (unpaired) electrons. The van der Waals surface area contributed by atoms with Gasteiger partial charge >= 0.3 is 11.9 Å². The Labute approximate surface area is 111 Å². The van der Waals surface area contributed by atoms with Gasteiger partial charge in [-0.25, -0.2) is 4.79 Å². The highest BCUT2D eigenvalue weighted by atomic mass is 16.6. The zero-order valence-corrected chi connectivity index (χ0v) is 11.3. The van der Waals surface area contributed by atoms with E-state index in [9.17, 15) is 9.59 Å². The molecule has 3 aliphatic rings. The van der Waals surface area contributed by atoms with Gasteiger partial charge in [-0.15, -0.1) is 0 Å². The van der Waals surface area contributed by atoms with Crippen LogP contribution >= 0.6 is 0 Å². The minimum Gasteiger partial charge on any atom is -0.459 e. The molecule has 0 spiro atoms. The van der Waals surface area contributed by atoms with Gasteiger partial charge in [-0.05, 0) is 20.8 Å². The first-order valence-corrected chi connectivity index (χ1v) is 6.56. The van der Waals surface area contributed by atoms with Crippen LogP contribution in [0, 0.1) is 11.8 Å². The number of fused-ring (bicyclic) bond motifs is 5. The molecule has 104 valence electrons. The van der Waals surface area contributed by atoms with Gasteiger partial charge in [0.05, 0.1) is 12.0 Å². The first-order valence-electron chi connectivity index (χ1n) is 6.56. The second-order valence-corrected chi connectivity index (χ2v) is 6.18. The summed E-state index contributed by atoms with van der Waals surface area (Å²) in [7, 11) is 0. The lowest BCUT2D eigenvalue weighted by Gasteiger charge is -2.32. The summed E-state index contributed by atoms with van der Waals surface area (Å²) in [5, 5.41) is 0. The number of carbonyl (C=O) groups excluding carboxylic acids is 2. The molecule has 19 heavy (non-hydrogen) atoms. The van der Waals surface area contributed by atoms with Gasteiger partial charge in [-0.2, -0.15) is 0 Å². The predicted octanol–water partition coefficient (Wildman–Crippen LogP) is 1.21. The van der Waals surface area contributed by atoms with Crippen molar-refractivity contribution in [2.24, 2.45) is 11.8 Å². The zero-order valence-electron chi connectivity index (χ0n) is 11.3. The molecule has 2 bridgehead atoms. The van der Waals surface area contributed by atoms with Crippen LogP contribution in [0.5, 0.6) is 0 Å². The molecule has 5 nitrogen and oxygen atoms in total. The van der Waals surface area contributed by atoms with Gasteiger partial charge in [0.1, 0.15) is 17.8 Å². The lowest BCUT2D eigenvalue weighted by atomic mass is 9.72. The van der Waals surface area contributed by atoms with E-state index < -0.39 is 11.6 Å². The molecule has 0 aromatic heterocycles. The lowest BCUT2D eigenvalue weighted by Crippen LogP contribution is -2.45. The Kier molecular flexibility index (Phi) is 2.55. The summed E-state index contributed by atoms with van der Waals surface area (Å²) in [4.78, 5) is 23.5. The van der Waals surface area contributed by atoms with Gasteiger partial charge in [0.2, 0.25) is 0 Å². The smallest absolute Gasteiger partial charge is 0.333 e. The van der Waals surface area contributed by atoms with Crippen LogP contribution < -0.4 is 0 Å². The number of ether oxygens (including phenoxy) is 3. The fraction of sp³-hybridized carbons (Fsp3) is 0.714. The van der Waals surface area contributed by atoms with E-state index in [1.165, 1.54) is 0 Å². The summed E-state index contributed by atoms with van der Waals surface area (Å²) in [6, 6.07) is 0. The van der Waals surface area contributed by atoms with Crippen molar-refractivity contribution < 1.29 is 23.8 Å². The van der Waals surface area contributed by atoms with Crippen LogP contribution in [0.15, 0.2) is 12.2 Å². The van der Waals surface area contributed by atoms with E-state index in [-0.39, 0.29) is 36.1 Å². The van der Waals surface area contributed by atoms with Crippen molar-refractivity contribution in [1.82, 2.24) is 0 Å². The second-order valence-electron chi connectivity index (χ2n) is 6.18. The van der Waals surface area contributed by atoms with Crippen LogP contribution in [0.3, 0.4) is 0 Å². The fourth-order valence-corrected chi connectivity index (χ4v) is 3.57. The Morgan fingerprint density at radius 1 is 1.47 bits per heavy atom. The molecule has 0 N–H and O–H groups in total. The van der Waals surface area contributed by atoms with Gasteiger partial charge in [0, 0.05) is 17.9 Å². The van der Waals surface area contributed by atoms with Crippen LogP contribution in [-0.4, -0.2) is 35.9 Å². The van der Waals surface area contributed by atoms with E-state index in [4.69, 9.17) is 14.2 Å². The number of cyclic esters (lactones) is 1. The van der Waals surface area contributed by atoms with Gasteiger partial charge in [-0.3, -0.25) is 4.79 Å². The summed E-state index contributed by atoms with van der Waals surface area (Å²) >= 11 is 0. The maximum Gasteiger partial charge on any atom is 0.333 e. The van der Waals surface area contributed by atoms with Gasteiger partial charge < -0.3 is 14.2 Å². The summed E-state index contributed by atoms with van der Waals surface area (Å²) in [6.07, 6.45) is -0.174. The Morgan fingerprint density at radius 3 is 2.79 bits per heavy atom. The van der Waals surface area contributed by atoms with Gasteiger partial charge in [0.15, 0.2) is 0 Å². The van der Waals surface area contributed by atoms with E-state index in [2.05, 4.69) is 6.58 Å². The maximum absolute atomic E-state index is 11.9. The molecule has 3 saturated heterocycles. The minimum absolute atomic E-state index is 0.0401. The standard InChI is InChI=1S/C14H18O5/c1-6(2)12(15)18-8-5-7-9-10(11(8)17-7)14(3,4)19-13(9)16/h7-11H,1,5H2,2-4H3. The minimum atomic E-state index is -0.560. The molecular formula is C14H18O5. The molecule has 5 unspecified atom stereocenters. The molecule has 5 atom stereocenters. The van der Waals surface area contributed by atoms with Crippen LogP contribution in [-0.2, 0) is 23.8 Å². The van der Waals surface area contributed by atoms with Crippen molar-refractivity contribution in [3.63, 3.8) is 0 Å². The zero-order chi connectivity index (χ0) is 13.9. The predicted molar refractivity (Wildman–Crippen MR) is 65.1 cm³/mol. The van der Waals surface area contributed by atoms with Crippen molar-refractivity contribution >= 4 is 11.9 Å². The van der Waals surface area contributed by atoms with Gasteiger partial charge in [0.25, 0.3) is 0 Å². The van der Waals surface area contributed by atoms with Gasteiger partial charge in [-0.1, -0.05) is 6.58 Å². The number of rotatable bonds is 2. The summed E-state index contributed by atoms with van der Waals surface area (Å²) < 4.78 is 16.7. The van der Waals surface area contributed by atoms with E-state index in [0.717, 1.165) is 0 Å². The topological polar surface area (TPSA) is 61.8 Å². The fourth-order valence-electron chi connectivity index (χ4n) is 3.57. The first-order chi connectivity index (χ1) is 8.81. The molecule has 0 aromatic rings. The van der Waals surface area contributed by atoms with Crippen LogP contribution in [0.4, 0.5) is 0 Å². The summed E-state index contributed by atoms with van der Waals surface area (Å²) in [5.41, 5.74) is -0.188. The molecule has 3 aliphatic heterocycles. The molecule has 0 saturated carbocycles. The van der Waals surface area contributed by atoms with Crippen molar-refractivity contribution in [1.29, 1.82) is 0 Å². The van der Waals surface area contributed by atoms with Crippen LogP contribution in [0.2, 0.25) is 0 Å². The molecule has 3 heterocycles. The SMILES string of the molecule is C=C(C)C(=O)OC1CC2OC1C1C2C(=O)OC1(C)C. The third-order valence-electron chi connectivity index (χ3n) is 4.35. The highest BCUT2D eigenvalue weighted by Crippen LogP contribution is 2.54. The quantitative estimate of drug-likeness (QED) is 0.555. The molecule has 3 rings (SSSR count). The van der Waals surface area contributed by atoms with E-state index in [1.807, 2.05) is 13.8 Å². The van der Waals surface area contributed by atoms with Crippen molar-refractivity contribution in [3.8, 4) is 0 Å². The number of carbonyl (C=O) groups is 2. The van der Waals surface area contributed by atoms with Crippen LogP contribution in [0.1, 0.15) is 27.2 Å². The summed E-state index contributed by atoms with van der Waals surface area (Å²) in [6.45, 7) is 8.96. The third-order valence-corrected chi connectivity index (χ3v) is 4.35. The largest absolute Gasteiger partial charge is 0.459 e. The highest BCUT2D eigenvalue weighted by molar-refractivity contribution is 5.87. The average molecular weight is 266 g/mol. The molecule has 5 heteroatoms. The molecular weight excluding hydrogens is 248 g/mol. The third kappa shape index (κ3) is 1.71. The Hall–Kier alpha value is -1.36. The Morgan fingerprint density at radius 2 is 2.16 bits per heavy atom. The maximum atomic E-state index is 11.9. The number of esters is 2. The Balaban J connectivity index is 1.80. The molecule has 0 amide bonds. The monoisotopic (exact) mass is 266 g/mol. The molecule has 0 aliphatic carbocycles. The van der Waals surface area contributed by atoms with E-state index >= 15 is 0 Å². The lowest BCUT2D eigenvalue weighted by molar-refractivity contribution is -0.156.